The minimum absolute atomic E-state index is 0.496. The van der Waals surface area contributed by atoms with Crippen molar-refractivity contribution in [2.45, 2.75) is 13.0 Å². The Hall–Kier alpha value is -2.63. The predicted molar refractivity (Wildman–Crippen MR) is 95.9 cm³/mol. The van der Waals surface area contributed by atoms with E-state index in [1.54, 1.807) is 14.2 Å². The molecule has 0 saturated heterocycles. The average molecular weight is 347 g/mol. The van der Waals surface area contributed by atoms with Gasteiger partial charge in [0, 0.05) is 38.8 Å². The van der Waals surface area contributed by atoms with E-state index in [1.165, 1.54) is 12.1 Å². The molecule has 0 atom stereocenters. The molecular formula is C19H23F2N3O. The first-order valence-electron chi connectivity index (χ1n) is 8.02. The molecular weight excluding hydrogens is 324 g/mol. The summed E-state index contributed by atoms with van der Waals surface area (Å²) in [5, 5.41) is 3.20. The Kier molecular flexibility index (Phi) is 6.74. The third-order valence-corrected chi connectivity index (χ3v) is 3.79. The molecule has 2 aromatic rings. The number of nitrogens with zero attached hydrogens (tertiary/aromatic N) is 2. The van der Waals surface area contributed by atoms with Crippen LogP contribution in [0.2, 0.25) is 0 Å². The molecule has 0 amide bonds. The summed E-state index contributed by atoms with van der Waals surface area (Å²) in [5.74, 6) is 0.392. The van der Waals surface area contributed by atoms with Gasteiger partial charge in [-0.2, -0.15) is 0 Å². The molecule has 134 valence electrons. The number of benzene rings is 2. The van der Waals surface area contributed by atoms with E-state index in [9.17, 15) is 8.78 Å². The van der Waals surface area contributed by atoms with Crippen LogP contribution in [0, 0.1) is 11.6 Å². The lowest BCUT2D eigenvalue weighted by molar-refractivity contribution is 0.396. The average Bonchev–Trinajstić information content (AvgIpc) is 2.58. The normalized spacial score (nSPS) is 11.3. The number of hydrogen-bond acceptors (Lipinski definition) is 2. The van der Waals surface area contributed by atoms with Gasteiger partial charge in [-0.1, -0.05) is 18.2 Å². The number of hydrogen-bond donors (Lipinski definition) is 1. The van der Waals surface area contributed by atoms with Crippen LogP contribution < -0.4 is 10.1 Å². The maximum atomic E-state index is 13.2. The number of rotatable bonds is 6. The van der Waals surface area contributed by atoms with Crippen LogP contribution in [-0.2, 0) is 13.0 Å². The highest BCUT2D eigenvalue weighted by atomic mass is 19.1. The fourth-order valence-electron chi connectivity index (χ4n) is 2.62. The van der Waals surface area contributed by atoms with Gasteiger partial charge >= 0.3 is 0 Å². The van der Waals surface area contributed by atoms with E-state index in [2.05, 4.69) is 10.3 Å². The molecule has 2 rings (SSSR count). The summed E-state index contributed by atoms with van der Waals surface area (Å²) in [6.45, 7) is 1.14. The van der Waals surface area contributed by atoms with Gasteiger partial charge in [-0.05, 0) is 30.2 Å². The van der Waals surface area contributed by atoms with Gasteiger partial charge < -0.3 is 15.0 Å². The smallest absolute Gasteiger partial charge is 0.193 e. The molecule has 0 radical (unpaired) electrons. The minimum atomic E-state index is -0.562. The first-order chi connectivity index (χ1) is 12.0. The second-order valence-electron chi connectivity index (χ2n) is 5.67. The largest absolute Gasteiger partial charge is 0.496 e. The van der Waals surface area contributed by atoms with Crippen LogP contribution in [0.15, 0.2) is 47.5 Å². The Balaban J connectivity index is 1.93. The van der Waals surface area contributed by atoms with Gasteiger partial charge in [0.05, 0.1) is 7.11 Å². The van der Waals surface area contributed by atoms with E-state index in [0.29, 0.717) is 31.0 Å². The second kappa shape index (κ2) is 9.01. The first-order valence-corrected chi connectivity index (χ1v) is 8.02. The summed E-state index contributed by atoms with van der Waals surface area (Å²) < 4.78 is 31.8. The fraction of sp³-hybridized carbons (Fsp3) is 0.316. The van der Waals surface area contributed by atoms with Crippen molar-refractivity contribution in [1.29, 1.82) is 0 Å². The van der Waals surface area contributed by atoms with Gasteiger partial charge in [0.15, 0.2) is 5.96 Å². The number of nitrogens with one attached hydrogen (secondary N) is 1. The lowest BCUT2D eigenvalue weighted by Crippen LogP contribution is -2.39. The molecule has 0 bridgehead atoms. The maximum absolute atomic E-state index is 13.2. The summed E-state index contributed by atoms with van der Waals surface area (Å²) in [4.78, 5) is 6.21. The van der Waals surface area contributed by atoms with E-state index in [4.69, 9.17) is 4.74 Å². The molecule has 0 spiro atoms. The van der Waals surface area contributed by atoms with Crippen molar-refractivity contribution in [3.63, 3.8) is 0 Å². The quantitative estimate of drug-likeness (QED) is 0.644. The third kappa shape index (κ3) is 5.45. The van der Waals surface area contributed by atoms with Crippen molar-refractivity contribution in [2.24, 2.45) is 4.99 Å². The van der Waals surface area contributed by atoms with Gasteiger partial charge in [-0.15, -0.1) is 0 Å². The van der Waals surface area contributed by atoms with Gasteiger partial charge in [0.1, 0.15) is 17.4 Å². The molecule has 0 fully saturated rings. The molecule has 0 aliphatic rings. The topological polar surface area (TPSA) is 36.9 Å². The SMILES string of the molecule is CN=C(NCCc1cc(F)cc(F)c1)N(C)Cc1ccccc1OC. The number of methoxy groups -OCH3 is 1. The Labute approximate surface area is 147 Å². The van der Waals surface area contributed by atoms with Gasteiger partial charge in [-0.25, -0.2) is 8.78 Å². The van der Waals surface area contributed by atoms with Crippen LogP contribution in [-0.4, -0.2) is 38.6 Å². The van der Waals surface area contributed by atoms with Crippen molar-refractivity contribution >= 4 is 5.96 Å². The van der Waals surface area contributed by atoms with E-state index >= 15 is 0 Å². The first kappa shape index (κ1) is 18.7. The zero-order valence-electron chi connectivity index (χ0n) is 14.7. The van der Waals surface area contributed by atoms with Gasteiger partial charge in [-0.3, -0.25) is 4.99 Å². The van der Waals surface area contributed by atoms with Crippen molar-refractivity contribution in [3.05, 3.63) is 65.2 Å². The second-order valence-corrected chi connectivity index (χ2v) is 5.67. The number of ether oxygens (including phenoxy) is 1. The molecule has 0 aliphatic carbocycles. The summed E-state index contributed by atoms with van der Waals surface area (Å²) >= 11 is 0. The third-order valence-electron chi connectivity index (χ3n) is 3.79. The number of para-hydroxylation sites is 1. The molecule has 6 heteroatoms. The van der Waals surface area contributed by atoms with E-state index in [-0.39, 0.29) is 0 Å². The molecule has 1 N–H and O–H groups in total. The number of halogens is 2. The van der Waals surface area contributed by atoms with Crippen molar-refractivity contribution < 1.29 is 13.5 Å². The summed E-state index contributed by atoms with van der Waals surface area (Å²) in [6.07, 6.45) is 0.496. The van der Waals surface area contributed by atoms with Gasteiger partial charge in [0.25, 0.3) is 0 Å². The Morgan fingerprint density at radius 2 is 1.84 bits per heavy atom. The maximum Gasteiger partial charge on any atom is 0.193 e. The molecule has 25 heavy (non-hydrogen) atoms. The predicted octanol–water partition coefficient (Wildman–Crippen LogP) is 3.22. The molecule has 4 nitrogen and oxygen atoms in total. The van der Waals surface area contributed by atoms with E-state index < -0.39 is 11.6 Å². The Morgan fingerprint density at radius 3 is 2.48 bits per heavy atom. The molecule has 2 aromatic carbocycles. The van der Waals surface area contributed by atoms with Crippen LogP contribution in [0.5, 0.6) is 5.75 Å². The summed E-state index contributed by atoms with van der Waals surface area (Å²) in [6, 6.07) is 11.3. The highest BCUT2D eigenvalue weighted by molar-refractivity contribution is 5.79. The monoisotopic (exact) mass is 347 g/mol. The summed E-state index contributed by atoms with van der Waals surface area (Å²) in [5.41, 5.74) is 1.65. The zero-order chi connectivity index (χ0) is 18.2. The van der Waals surface area contributed by atoms with Crippen LogP contribution in [0.25, 0.3) is 0 Å². The number of aliphatic imine (C=N–C) groups is 1. The standard InChI is InChI=1S/C19H23F2N3O/c1-22-19(23-9-8-14-10-16(20)12-17(21)11-14)24(2)13-15-6-4-5-7-18(15)25-3/h4-7,10-12H,8-9,13H2,1-3H3,(H,22,23). The van der Waals surface area contributed by atoms with Crippen LogP contribution in [0.1, 0.15) is 11.1 Å². The lowest BCUT2D eigenvalue weighted by atomic mass is 10.1. The molecule has 0 saturated carbocycles. The minimum Gasteiger partial charge on any atom is -0.496 e. The Bertz CT molecular complexity index is 714. The molecule has 0 unspecified atom stereocenters. The zero-order valence-corrected chi connectivity index (χ0v) is 14.7. The van der Waals surface area contributed by atoms with Crippen molar-refractivity contribution in [1.82, 2.24) is 10.2 Å². The van der Waals surface area contributed by atoms with Gasteiger partial charge in [0.2, 0.25) is 0 Å². The van der Waals surface area contributed by atoms with Crippen LogP contribution in [0.3, 0.4) is 0 Å². The van der Waals surface area contributed by atoms with E-state index in [0.717, 1.165) is 17.4 Å². The van der Waals surface area contributed by atoms with E-state index in [1.807, 2.05) is 36.2 Å². The fourth-order valence-corrected chi connectivity index (χ4v) is 2.62. The van der Waals surface area contributed by atoms with Crippen LogP contribution in [0.4, 0.5) is 8.78 Å². The number of guanidine groups is 1. The Morgan fingerprint density at radius 1 is 1.16 bits per heavy atom. The van der Waals surface area contributed by atoms with Crippen molar-refractivity contribution in [3.8, 4) is 5.75 Å². The highest BCUT2D eigenvalue weighted by Gasteiger charge is 2.10. The molecule has 0 aliphatic heterocycles. The molecule has 0 heterocycles. The summed E-state index contributed by atoms with van der Waals surface area (Å²) in [7, 11) is 5.26. The van der Waals surface area contributed by atoms with Crippen LogP contribution >= 0.6 is 0 Å². The lowest BCUT2D eigenvalue weighted by Gasteiger charge is -2.23. The molecule has 0 aromatic heterocycles. The van der Waals surface area contributed by atoms with Crippen molar-refractivity contribution in [2.75, 3.05) is 27.7 Å². The highest BCUT2D eigenvalue weighted by Crippen LogP contribution is 2.18.